The predicted molar refractivity (Wildman–Crippen MR) is 69.0 cm³/mol. The minimum atomic E-state index is -0.263. The summed E-state index contributed by atoms with van der Waals surface area (Å²) in [6, 6.07) is 0.162. The van der Waals surface area contributed by atoms with E-state index in [9.17, 15) is 4.79 Å². The molecule has 0 saturated carbocycles. The number of nitrogens with one attached hydrogen (secondary N) is 1. The van der Waals surface area contributed by atoms with Gasteiger partial charge in [-0.25, -0.2) is 0 Å². The van der Waals surface area contributed by atoms with Crippen molar-refractivity contribution in [2.45, 2.75) is 51.2 Å². The number of methoxy groups -OCH3 is 1. The molecule has 1 fully saturated rings. The summed E-state index contributed by atoms with van der Waals surface area (Å²) in [5, 5.41) is 3.26. The van der Waals surface area contributed by atoms with Gasteiger partial charge in [-0.2, -0.15) is 0 Å². The van der Waals surface area contributed by atoms with Gasteiger partial charge in [0.05, 0.1) is 11.6 Å². The van der Waals surface area contributed by atoms with Gasteiger partial charge < -0.3 is 15.0 Å². The van der Waals surface area contributed by atoms with Crippen LogP contribution in [-0.4, -0.2) is 49.7 Å². The lowest BCUT2D eigenvalue weighted by Crippen LogP contribution is -2.54. The topological polar surface area (TPSA) is 41.6 Å². The van der Waals surface area contributed by atoms with Crippen LogP contribution in [0.2, 0.25) is 0 Å². The van der Waals surface area contributed by atoms with Gasteiger partial charge in [-0.05, 0) is 33.7 Å². The summed E-state index contributed by atoms with van der Waals surface area (Å²) in [4.78, 5) is 13.9. The maximum Gasteiger partial charge on any atom is 0.222 e. The fraction of sp³-hybridized carbons (Fsp3) is 0.923. The Labute approximate surface area is 105 Å². The van der Waals surface area contributed by atoms with Crippen molar-refractivity contribution < 1.29 is 9.53 Å². The highest BCUT2D eigenvalue weighted by Gasteiger charge is 2.31. The van der Waals surface area contributed by atoms with Crippen molar-refractivity contribution in [2.24, 2.45) is 0 Å². The van der Waals surface area contributed by atoms with Crippen molar-refractivity contribution in [1.29, 1.82) is 0 Å². The lowest BCUT2D eigenvalue weighted by molar-refractivity contribution is -0.132. The quantitative estimate of drug-likeness (QED) is 0.792. The molecule has 1 atom stereocenters. The van der Waals surface area contributed by atoms with Crippen LogP contribution in [0.1, 0.15) is 39.5 Å². The number of carbonyl (C=O) groups excluding carboxylic acids is 1. The summed E-state index contributed by atoms with van der Waals surface area (Å²) in [5.74, 6) is 0.287. The second-order valence-electron chi connectivity index (χ2n) is 5.30. The Morgan fingerprint density at radius 1 is 1.41 bits per heavy atom. The molecule has 1 aliphatic heterocycles. The van der Waals surface area contributed by atoms with Crippen LogP contribution in [0.25, 0.3) is 0 Å². The van der Waals surface area contributed by atoms with Crippen LogP contribution >= 0.6 is 0 Å². The third-order valence-corrected chi connectivity index (χ3v) is 3.79. The summed E-state index contributed by atoms with van der Waals surface area (Å²) in [6.45, 7) is 5.72. The summed E-state index contributed by atoms with van der Waals surface area (Å²) < 4.78 is 5.50. The lowest BCUT2D eigenvalue weighted by Gasteiger charge is -2.36. The number of rotatable bonds is 5. The third-order valence-electron chi connectivity index (χ3n) is 3.79. The van der Waals surface area contributed by atoms with Crippen LogP contribution in [0, 0.1) is 0 Å². The molecule has 0 bridgehead atoms. The van der Waals surface area contributed by atoms with E-state index in [-0.39, 0.29) is 17.6 Å². The highest BCUT2D eigenvalue weighted by molar-refractivity contribution is 5.76. The minimum Gasteiger partial charge on any atom is -0.377 e. The average molecular weight is 242 g/mol. The molecule has 100 valence electrons. The number of nitrogens with zero attached hydrogens (tertiary/aromatic N) is 1. The van der Waals surface area contributed by atoms with E-state index in [0.29, 0.717) is 6.42 Å². The van der Waals surface area contributed by atoms with Crippen LogP contribution in [0.5, 0.6) is 0 Å². The molecule has 17 heavy (non-hydrogen) atoms. The minimum absolute atomic E-state index is 0.162. The maximum absolute atomic E-state index is 11.9. The zero-order valence-corrected chi connectivity index (χ0v) is 11.6. The number of ether oxygens (including phenoxy) is 1. The molecule has 0 aromatic rings. The zero-order valence-electron chi connectivity index (χ0n) is 11.6. The van der Waals surface area contributed by atoms with E-state index >= 15 is 0 Å². The van der Waals surface area contributed by atoms with Crippen LogP contribution < -0.4 is 5.32 Å². The molecule has 1 N–H and O–H groups in total. The van der Waals surface area contributed by atoms with Crippen molar-refractivity contribution in [3.8, 4) is 0 Å². The van der Waals surface area contributed by atoms with E-state index in [1.165, 1.54) is 6.42 Å². The summed E-state index contributed by atoms with van der Waals surface area (Å²) in [7, 11) is 3.64. The number of likely N-dealkylation sites (tertiary alicyclic amines) is 1. The van der Waals surface area contributed by atoms with Gasteiger partial charge in [0.25, 0.3) is 0 Å². The number of likely N-dealkylation sites (N-methyl/N-ethyl adjacent to an activating group) is 1. The molecule has 1 rings (SSSR count). The molecule has 0 spiro atoms. The maximum atomic E-state index is 11.9. The molecule has 1 aliphatic rings. The highest BCUT2D eigenvalue weighted by atomic mass is 16.5. The normalized spacial score (nSPS) is 20.2. The van der Waals surface area contributed by atoms with Gasteiger partial charge in [-0.1, -0.05) is 6.42 Å². The predicted octanol–water partition coefficient (Wildman–Crippen LogP) is 1.40. The number of carbonyl (C=O) groups is 1. The Balaban J connectivity index is 2.63. The summed E-state index contributed by atoms with van der Waals surface area (Å²) >= 11 is 0. The Bertz CT molecular complexity index is 254. The van der Waals surface area contributed by atoms with E-state index in [0.717, 1.165) is 25.9 Å². The Kier molecular flexibility index (Phi) is 5.40. The van der Waals surface area contributed by atoms with Gasteiger partial charge in [0.15, 0.2) is 0 Å². The largest absolute Gasteiger partial charge is 0.377 e. The number of hydrogen-bond donors (Lipinski definition) is 1. The first-order valence-electron chi connectivity index (χ1n) is 6.51. The molecule has 4 heteroatoms. The van der Waals surface area contributed by atoms with E-state index in [1.54, 1.807) is 7.11 Å². The van der Waals surface area contributed by atoms with Crippen molar-refractivity contribution in [1.82, 2.24) is 10.2 Å². The Morgan fingerprint density at radius 3 is 2.71 bits per heavy atom. The molecular formula is C13H26N2O2. The average Bonchev–Trinajstić information content (AvgIpc) is 2.51. The van der Waals surface area contributed by atoms with Gasteiger partial charge in [0, 0.05) is 26.6 Å². The van der Waals surface area contributed by atoms with E-state index in [2.05, 4.69) is 19.2 Å². The van der Waals surface area contributed by atoms with E-state index < -0.39 is 0 Å². The third kappa shape index (κ3) is 3.96. The zero-order chi connectivity index (χ0) is 12.9. The summed E-state index contributed by atoms with van der Waals surface area (Å²) in [6.07, 6.45) is 4.02. The van der Waals surface area contributed by atoms with Crippen LogP contribution in [0.3, 0.4) is 0 Å². The highest BCUT2D eigenvalue weighted by Crippen LogP contribution is 2.17. The van der Waals surface area contributed by atoms with Gasteiger partial charge in [0.1, 0.15) is 0 Å². The van der Waals surface area contributed by atoms with Crippen molar-refractivity contribution in [3.05, 3.63) is 0 Å². The standard InChI is InChI=1S/C13H26N2O2/c1-13(2,17-4)11(14-3)10-15-9-7-5-6-8-12(15)16/h11,14H,5-10H2,1-4H3. The summed E-state index contributed by atoms with van der Waals surface area (Å²) in [5.41, 5.74) is -0.263. The first kappa shape index (κ1) is 14.5. The fourth-order valence-electron chi connectivity index (χ4n) is 2.25. The molecule has 0 aromatic carbocycles. The first-order valence-corrected chi connectivity index (χ1v) is 6.51. The second-order valence-corrected chi connectivity index (χ2v) is 5.30. The molecule has 1 heterocycles. The number of amides is 1. The molecule has 0 radical (unpaired) electrons. The molecule has 1 saturated heterocycles. The van der Waals surface area contributed by atoms with Crippen molar-refractivity contribution >= 4 is 5.91 Å². The van der Waals surface area contributed by atoms with Crippen molar-refractivity contribution in [2.75, 3.05) is 27.2 Å². The lowest BCUT2D eigenvalue weighted by atomic mass is 9.98. The van der Waals surface area contributed by atoms with Crippen LogP contribution in [0.15, 0.2) is 0 Å². The van der Waals surface area contributed by atoms with Gasteiger partial charge in [0.2, 0.25) is 5.91 Å². The SMILES string of the molecule is CNC(CN1CCCCCC1=O)C(C)(C)OC. The van der Waals surface area contributed by atoms with Crippen molar-refractivity contribution in [3.63, 3.8) is 0 Å². The molecule has 0 aromatic heterocycles. The van der Waals surface area contributed by atoms with E-state index in [4.69, 9.17) is 4.74 Å². The second kappa shape index (κ2) is 6.36. The molecular weight excluding hydrogens is 216 g/mol. The van der Waals surface area contributed by atoms with Gasteiger partial charge in [-0.3, -0.25) is 4.79 Å². The molecule has 0 aliphatic carbocycles. The Morgan fingerprint density at radius 2 is 2.12 bits per heavy atom. The van der Waals surface area contributed by atoms with Gasteiger partial charge in [-0.15, -0.1) is 0 Å². The smallest absolute Gasteiger partial charge is 0.222 e. The molecule has 4 nitrogen and oxygen atoms in total. The van der Waals surface area contributed by atoms with Crippen LogP contribution in [-0.2, 0) is 9.53 Å². The fourth-order valence-corrected chi connectivity index (χ4v) is 2.25. The first-order chi connectivity index (χ1) is 8.01. The van der Waals surface area contributed by atoms with Gasteiger partial charge >= 0.3 is 0 Å². The monoisotopic (exact) mass is 242 g/mol. The Hall–Kier alpha value is -0.610. The van der Waals surface area contributed by atoms with Crippen LogP contribution in [0.4, 0.5) is 0 Å². The molecule has 1 amide bonds. The number of hydrogen-bond acceptors (Lipinski definition) is 3. The van der Waals surface area contributed by atoms with E-state index in [1.807, 2.05) is 11.9 Å². The molecule has 1 unspecified atom stereocenters.